The van der Waals surface area contributed by atoms with Crippen LogP contribution in [0.2, 0.25) is 0 Å². The SMILES string of the molecule is CN(Cc1ccccc1F)S(=O)(=O)N1CCN(C2=c3cc[nH]c3=NC=CCC2)CC12CC2. The average molecular weight is 458 g/mol. The summed E-state index contributed by atoms with van der Waals surface area (Å²) in [5.74, 6) is -0.386. The highest BCUT2D eigenvalue weighted by molar-refractivity contribution is 7.86. The van der Waals surface area contributed by atoms with Gasteiger partial charge in [-0.25, -0.2) is 9.38 Å². The number of allylic oxidation sites excluding steroid dienone is 1. The fraction of sp³-hybridized carbons (Fsp3) is 0.435. The number of H-pyrrole nitrogens is 1. The van der Waals surface area contributed by atoms with Crippen LogP contribution in [0.3, 0.4) is 0 Å². The summed E-state index contributed by atoms with van der Waals surface area (Å²) in [6, 6.07) is 8.38. The molecule has 0 atom stereocenters. The van der Waals surface area contributed by atoms with E-state index in [0.717, 1.165) is 36.4 Å². The zero-order valence-corrected chi connectivity index (χ0v) is 19.0. The lowest BCUT2D eigenvalue weighted by molar-refractivity contribution is 0.156. The van der Waals surface area contributed by atoms with Crippen molar-refractivity contribution in [3.63, 3.8) is 0 Å². The molecule has 170 valence electrons. The van der Waals surface area contributed by atoms with Crippen LogP contribution in [-0.2, 0) is 16.8 Å². The summed E-state index contributed by atoms with van der Waals surface area (Å²) < 4.78 is 44.0. The maximum absolute atomic E-state index is 14.1. The molecule has 0 radical (unpaired) electrons. The zero-order chi connectivity index (χ0) is 22.3. The topological polar surface area (TPSA) is 72.0 Å². The molecule has 32 heavy (non-hydrogen) atoms. The largest absolute Gasteiger partial charge is 0.371 e. The lowest BCUT2D eigenvalue weighted by Gasteiger charge is -2.44. The van der Waals surface area contributed by atoms with Crippen LogP contribution in [0.1, 0.15) is 31.2 Å². The van der Waals surface area contributed by atoms with Gasteiger partial charge in [0.05, 0.1) is 5.54 Å². The molecule has 1 aromatic carbocycles. The van der Waals surface area contributed by atoms with Crippen molar-refractivity contribution in [1.82, 2.24) is 18.5 Å². The number of aromatic nitrogens is 1. The molecule has 9 heteroatoms. The third kappa shape index (κ3) is 3.78. The molecule has 5 rings (SSSR count). The Hall–Kier alpha value is -2.49. The molecule has 3 aliphatic rings. The van der Waals surface area contributed by atoms with E-state index in [1.165, 1.54) is 23.1 Å². The molecule has 0 amide bonds. The first kappa shape index (κ1) is 21.4. The number of fused-ring (bicyclic) bond motifs is 1. The lowest BCUT2D eigenvalue weighted by atomic mass is 10.1. The minimum absolute atomic E-state index is 0.0171. The molecule has 1 spiro atoms. The fourth-order valence-corrected chi connectivity index (χ4v) is 6.49. The molecule has 1 saturated carbocycles. The average Bonchev–Trinajstić information content (AvgIpc) is 3.36. The maximum atomic E-state index is 14.1. The van der Waals surface area contributed by atoms with Crippen LogP contribution in [0.4, 0.5) is 4.39 Å². The monoisotopic (exact) mass is 457 g/mol. The smallest absolute Gasteiger partial charge is 0.282 e. The van der Waals surface area contributed by atoms with E-state index in [2.05, 4.69) is 27.0 Å². The first-order valence-electron chi connectivity index (χ1n) is 11.0. The molecular formula is C23H28FN5O2S. The molecule has 1 saturated heterocycles. The van der Waals surface area contributed by atoms with Gasteiger partial charge in [0.2, 0.25) is 0 Å². The Balaban J connectivity index is 1.39. The quantitative estimate of drug-likeness (QED) is 0.743. The number of halogens is 1. The van der Waals surface area contributed by atoms with Crippen LogP contribution in [-0.4, -0.2) is 59.1 Å². The fourth-order valence-electron chi connectivity index (χ4n) is 4.81. The number of hydrogen-bond donors (Lipinski definition) is 1. The van der Waals surface area contributed by atoms with Crippen molar-refractivity contribution >= 4 is 15.9 Å². The molecule has 7 nitrogen and oxygen atoms in total. The van der Waals surface area contributed by atoms with E-state index in [1.807, 2.05) is 12.4 Å². The molecular weight excluding hydrogens is 429 g/mol. The second kappa shape index (κ2) is 8.13. The number of hydrogen-bond acceptors (Lipinski definition) is 4. The molecule has 2 fully saturated rings. The van der Waals surface area contributed by atoms with E-state index >= 15 is 0 Å². The number of nitrogens with one attached hydrogen (secondary N) is 1. The summed E-state index contributed by atoms with van der Waals surface area (Å²) in [5, 5.41) is 1.10. The molecule has 1 aliphatic carbocycles. The van der Waals surface area contributed by atoms with Crippen LogP contribution >= 0.6 is 0 Å². The Bertz CT molecular complexity index is 1270. The molecule has 2 aromatic rings. The van der Waals surface area contributed by atoms with Crippen molar-refractivity contribution < 1.29 is 12.8 Å². The van der Waals surface area contributed by atoms with Crippen LogP contribution < -0.4 is 10.7 Å². The van der Waals surface area contributed by atoms with Gasteiger partial charge in [-0.2, -0.15) is 17.0 Å². The van der Waals surface area contributed by atoms with Gasteiger partial charge in [0.15, 0.2) is 0 Å². The Morgan fingerprint density at radius 1 is 1.22 bits per heavy atom. The van der Waals surface area contributed by atoms with E-state index in [1.54, 1.807) is 22.5 Å². The third-order valence-electron chi connectivity index (χ3n) is 6.71. The second-order valence-electron chi connectivity index (χ2n) is 8.81. The van der Waals surface area contributed by atoms with E-state index in [4.69, 9.17) is 0 Å². The number of rotatable bonds is 5. The van der Waals surface area contributed by atoms with Gasteiger partial charge in [-0.1, -0.05) is 24.3 Å². The molecule has 0 bridgehead atoms. The minimum atomic E-state index is -3.71. The van der Waals surface area contributed by atoms with E-state index in [-0.39, 0.29) is 17.9 Å². The van der Waals surface area contributed by atoms with Gasteiger partial charge < -0.3 is 9.88 Å². The minimum Gasteiger partial charge on any atom is -0.371 e. The first-order valence-corrected chi connectivity index (χ1v) is 12.4. The van der Waals surface area contributed by atoms with E-state index < -0.39 is 10.2 Å². The number of aromatic amines is 1. The van der Waals surface area contributed by atoms with Crippen LogP contribution in [0.15, 0.2) is 53.8 Å². The highest BCUT2D eigenvalue weighted by atomic mass is 32.2. The number of nitrogens with zero attached hydrogens (tertiary/aromatic N) is 4. The van der Waals surface area contributed by atoms with Crippen LogP contribution in [0.25, 0.3) is 5.70 Å². The molecule has 1 N–H and O–H groups in total. The van der Waals surface area contributed by atoms with Crippen LogP contribution in [0, 0.1) is 5.82 Å². The highest BCUT2D eigenvalue weighted by Crippen LogP contribution is 2.47. The van der Waals surface area contributed by atoms with Gasteiger partial charge in [0.25, 0.3) is 10.2 Å². The number of benzene rings is 1. The van der Waals surface area contributed by atoms with Crippen molar-refractivity contribution in [3.8, 4) is 0 Å². The first-order chi connectivity index (χ1) is 15.4. The zero-order valence-electron chi connectivity index (χ0n) is 18.2. The highest BCUT2D eigenvalue weighted by Gasteiger charge is 2.56. The van der Waals surface area contributed by atoms with Crippen molar-refractivity contribution in [3.05, 3.63) is 70.9 Å². The summed E-state index contributed by atoms with van der Waals surface area (Å²) >= 11 is 0. The Morgan fingerprint density at radius 3 is 2.81 bits per heavy atom. The van der Waals surface area contributed by atoms with Crippen molar-refractivity contribution in [2.24, 2.45) is 4.99 Å². The summed E-state index contributed by atoms with van der Waals surface area (Å²) in [6.45, 7) is 1.73. The summed E-state index contributed by atoms with van der Waals surface area (Å²) in [7, 11) is -2.18. The van der Waals surface area contributed by atoms with Gasteiger partial charge in [0, 0.05) is 62.1 Å². The maximum Gasteiger partial charge on any atom is 0.282 e. The second-order valence-corrected chi connectivity index (χ2v) is 10.8. The summed E-state index contributed by atoms with van der Waals surface area (Å²) in [4.78, 5) is 10.0. The van der Waals surface area contributed by atoms with Gasteiger partial charge >= 0.3 is 0 Å². The molecule has 2 aliphatic heterocycles. The van der Waals surface area contributed by atoms with Crippen LogP contribution in [0.5, 0.6) is 0 Å². The van der Waals surface area contributed by atoms with E-state index in [0.29, 0.717) is 25.2 Å². The van der Waals surface area contributed by atoms with Crippen molar-refractivity contribution in [2.45, 2.75) is 37.8 Å². The van der Waals surface area contributed by atoms with Crippen molar-refractivity contribution in [2.75, 3.05) is 26.7 Å². The molecule has 1 aromatic heterocycles. The summed E-state index contributed by atoms with van der Waals surface area (Å²) in [5.41, 5.74) is 2.06. The Kier molecular flexibility index (Phi) is 5.43. The van der Waals surface area contributed by atoms with Gasteiger partial charge in [-0.05, 0) is 37.8 Å². The summed E-state index contributed by atoms with van der Waals surface area (Å²) in [6.07, 6.45) is 9.28. The van der Waals surface area contributed by atoms with Gasteiger partial charge in [0.1, 0.15) is 11.3 Å². The predicted octanol–water partition coefficient (Wildman–Crippen LogP) is 1.72. The molecule has 3 heterocycles. The third-order valence-corrected chi connectivity index (χ3v) is 8.76. The Morgan fingerprint density at radius 2 is 2.03 bits per heavy atom. The Labute approximate surface area is 187 Å². The van der Waals surface area contributed by atoms with Gasteiger partial charge in [-0.15, -0.1) is 0 Å². The standard InChI is InChI=1S/C23H28FN5O2S/c1-27(16-18-6-2-3-7-20(18)24)32(30,31)29-15-14-28(17-23(29)10-11-23)21-8-4-5-12-25-22-19(21)9-13-26-22/h2-3,5-7,9,12-13H,4,8,10-11,14-17H2,1H3,(H,25,26). The van der Waals surface area contributed by atoms with Gasteiger partial charge in [-0.3, -0.25) is 0 Å². The van der Waals surface area contributed by atoms with E-state index in [9.17, 15) is 12.8 Å². The normalized spacial score (nSPS) is 20.7. The number of piperazine rings is 1. The lowest BCUT2D eigenvalue weighted by Crippen LogP contribution is -2.59. The predicted molar refractivity (Wildman–Crippen MR) is 120 cm³/mol. The molecule has 0 unspecified atom stereocenters. The van der Waals surface area contributed by atoms with Crippen molar-refractivity contribution in [1.29, 1.82) is 0 Å².